The van der Waals surface area contributed by atoms with Gasteiger partial charge in [0.2, 0.25) is 5.91 Å². The van der Waals surface area contributed by atoms with E-state index in [1.54, 1.807) is 11.8 Å². The highest BCUT2D eigenvalue weighted by Crippen LogP contribution is 2.51. The van der Waals surface area contributed by atoms with Crippen LogP contribution in [0.2, 0.25) is 0 Å². The number of fused-ring (bicyclic) bond motifs is 4. The van der Waals surface area contributed by atoms with Crippen LogP contribution in [0.25, 0.3) is 11.1 Å². The molecule has 2 unspecified atom stereocenters. The normalized spacial score (nSPS) is 23.7. The highest BCUT2D eigenvalue weighted by atomic mass is 16.5. The summed E-state index contributed by atoms with van der Waals surface area (Å²) >= 11 is 0. The van der Waals surface area contributed by atoms with Crippen molar-refractivity contribution < 1.29 is 24.2 Å². The third kappa shape index (κ3) is 4.08. The minimum atomic E-state index is -0.760. The number of likely N-dealkylation sites (tertiary alicyclic amines) is 1. The molecule has 2 aromatic carbocycles. The number of hydrogen-bond acceptors (Lipinski definition) is 4. The van der Waals surface area contributed by atoms with Gasteiger partial charge in [0.15, 0.2) is 0 Å². The number of alkyl carbamates (subject to hydrolysis) is 1. The minimum Gasteiger partial charge on any atom is -0.481 e. The number of carboxylic acid groups (broad SMARTS) is 1. The maximum absolute atomic E-state index is 12.7. The van der Waals surface area contributed by atoms with Crippen LogP contribution in [0, 0.1) is 17.8 Å². The van der Waals surface area contributed by atoms with Gasteiger partial charge in [-0.1, -0.05) is 48.5 Å². The number of amides is 2. The van der Waals surface area contributed by atoms with E-state index in [1.165, 1.54) is 11.1 Å². The second-order valence-electron chi connectivity index (χ2n) is 9.40. The second-order valence-corrected chi connectivity index (χ2v) is 9.40. The van der Waals surface area contributed by atoms with E-state index in [4.69, 9.17) is 4.74 Å². The van der Waals surface area contributed by atoms with Gasteiger partial charge in [0.25, 0.3) is 0 Å². The Bertz CT molecular complexity index is 1050. The third-order valence-corrected chi connectivity index (χ3v) is 7.32. The smallest absolute Gasteiger partial charge is 0.407 e. The summed E-state index contributed by atoms with van der Waals surface area (Å²) in [6.07, 6.45) is 0.366. The zero-order valence-electron chi connectivity index (χ0n) is 18.6. The number of piperidine rings is 1. The summed E-state index contributed by atoms with van der Waals surface area (Å²) in [5.41, 5.74) is 4.65. The van der Waals surface area contributed by atoms with Crippen LogP contribution in [0.4, 0.5) is 4.79 Å². The Morgan fingerprint density at radius 1 is 1.06 bits per heavy atom. The van der Waals surface area contributed by atoms with E-state index in [2.05, 4.69) is 29.6 Å². The summed E-state index contributed by atoms with van der Waals surface area (Å²) in [6, 6.07) is 16.0. The van der Waals surface area contributed by atoms with Crippen molar-refractivity contribution in [2.24, 2.45) is 17.8 Å². The molecule has 0 spiro atoms. The molecule has 7 nitrogen and oxygen atoms in total. The van der Waals surface area contributed by atoms with E-state index >= 15 is 0 Å². The van der Waals surface area contributed by atoms with E-state index < -0.39 is 12.1 Å². The van der Waals surface area contributed by atoms with Crippen LogP contribution >= 0.6 is 0 Å². The number of benzene rings is 2. The lowest BCUT2D eigenvalue weighted by Gasteiger charge is -2.27. The minimum absolute atomic E-state index is 0.0119. The summed E-state index contributed by atoms with van der Waals surface area (Å²) < 4.78 is 5.56. The Morgan fingerprint density at radius 3 is 2.33 bits per heavy atom. The number of rotatable bonds is 6. The zero-order valence-corrected chi connectivity index (χ0v) is 18.6. The molecular weight excluding hydrogens is 420 g/mol. The summed E-state index contributed by atoms with van der Waals surface area (Å²) in [5.74, 6) is -0.852. The Balaban J connectivity index is 1.12. The molecule has 2 amide bonds. The Labute approximate surface area is 192 Å². The van der Waals surface area contributed by atoms with E-state index in [-0.39, 0.29) is 48.6 Å². The molecule has 0 aromatic heterocycles. The molecule has 1 aliphatic heterocycles. The number of aliphatic carboxylic acids is 1. The topological polar surface area (TPSA) is 95.9 Å². The van der Waals surface area contributed by atoms with Crippen molar-refractivity contribution in [2.75, 3.05) is 19.7 Å². The van der Waals surface area contributed by atoms with Crippen LogP contribution in [0.5, 0.6) is 0 Å². The summed E-state index contributed by atoms with van der Waals surface area (Å²) in [6.45, 7) is 3.09. The van der Waals surface area contributed by atoms with Crippen LogP contribution in [-0.2, 0) is 14.3 Å². The Kier molecular flexibility index (Phi) is 5.56. The lowest BCUT2D eigenvalue weighted by Crippen LogP contribution is -2.42. The molecule has 0 radical (unpaired) electrons. The second kappa shape index (κ2) is 8.54. The van der Waals surface area contributed by atoms with Gasteiger partial charge in [-0.05, 0) is 47.4 Å². The first-order chi connectivity index (χ1) is 15.9. The third-order valence-electron chi connectivity index (χ3n) is 7.32. The highest BCUT2D eigenvalue weighted by Gasteiger charge is 2.57. The fourth-order valence-corrected chi connectivity index (χ4v) is 5.61. The maximum Gasteiger partial charge on any atom is 0.407 e. The van der Waals surface area contributed by atoms with Crippen molar-refractivity contribution >= 4 is 18.0 Å². The molecule has 33 heavy (non-hydrogen) atoms. The first-order valence-corrected chi connectivity index (χ1v) is 11.6. The SMILES string of the molecule is CC(CC(=O)N1CC[C@@H]2C(C(=O)O)[C@@H]2C1)NC(=O)OCC1c2ccccc2-c2ccccc21. The average Bonchev–Trinajstić information content (AvgIpc) is 3.45. The van der Waals surface area contributed by atoms with Crippen molar-refractivity contribution in [3.63, 3.8) is 0 Å². The number of nitrogens with one attached hydrogen (secondary N) is 1. The molecule has 2 N–H and O–H groups in total. The van der Waals surface area contributed by atoms with Gasteiger partial charge in [0.1, 0.15) is 6.61 Å². The fourth-order valence-electron chi connectivity index (χ4n) is 5.61. The van der Waals surface area contributed by atoms with Gasteiger partial charge >= 0.3 is 12.1 Å². The quantitative estimate of drug-likeness (QED) is 0.705. The van der Waals surface area contributed by atoms with Crippen molar-refractivity contribution in [2.45, 2.75) is 31.7 Å². The first kappa shape index (κ1) is 21.5. The molecule has 0 bridgehead atoms. The molecule has 5 rings (SSSR count). The molecule has 1 saturated heterocycles. The predicted molar refractivity (Wildman–Crippen MR) is 122 cm³/mol. The molecule has 3 aliphatic rings. The van der Waals surface area contributed by atoms with Gasteiger partial charge in [-0.15, -0.1) is 0 Å². The van der Waals surface area contributed by atoms with E-state index in [1.807, 2.05) is 24.3 Å². The van der Waals surface area contributed by atoms with Crippen molar-refractivity contribution in [1.29, 1.82) is 0 Å². The van der Waals surface area contributed by atoms with Crippen LogP contribution < -0.4 is 5.32 Å². The standard InChI is InChI=1S/C26H28N2O5/c1-15(12-23(29)28-11-10-20-21(13-28)24(20)25(30)31)27-26(32)33-14-22-18-8-4-2-6-16(18)17-7-3-5-9-19(17)22/h2-9,15,20-22,24H,10-14H2,1H3,(H,27,32)(H,30,31)/t15?,20-,21+,24?/m0/s1. The average molecular weight is 449 g/mol. The maximum atomic E-state index is 12.7. The largest absolute Gasteiger partial charge is 0.481 e. The molecule has 2 aromatic rings. The lowest BCUT2D eigenvalue weighted by molar-refractivity contribution is -0.139. The molecule has 2 fully saturated rings. The number of carbonyl (C=O) groups is 3. The monoisotopic (exact) mass is 448 g/mol. The van der Waals surface area contributed by atoms with Crippen LogP contribution in [-0.4, -0.2) is 53.7 Å². The van der Waals surface area contributed by atoms with Gasteiger partial charge in [-0.3, -0.25) is 9.59 Å². The molecule has 1 heterocycles. The molecule has 172 valence electrons. The number of carbonyl (C=O) groups excluding carboxylic acids is 2. The molecular formula is C26H28N2O5. The zero-order chi connectivity index (χ0) is 23.1. The van der Waals surface area contributed by atoms with Crippen LogP contribution in [0.1, 0.15) is 36.8 Å². The van der Waals surface area contributed by atoms with Gasteiger partial charge in [0, 0.05) is 31.5 Å². The summed E-state index contributed by atoms with van der Waals surface area (Å²) in [4.78, 5) is 38.1. The molecule has 7 heteroatoms. The first-order valence-electron chi connectivity index (χ1n) is 11.6. The molecule has 2 aliphatic carbocycles. The number of hydrogen-bond donors (Lipinski definition) is 2. The van der Waals surface area contributed by atoms with Gasteiger partial charge < -0.3 is 20.1 Å². The summed E-state index contributed by atoms with van der Waals surface area (Å²) in [5, 5.41) is 12.0. The number of carboxylic acids is 1. The van der Waals surface area contributed by atoms with E-state index in [0.29, 0.717) is 13.1 Å². The number of nitrogens with zero attached hydrogens (tertiary/aromatic N) is 1. The predicted octanol–water partition coefficient (Wildman–Crippen LogP) is 3.48. The van der Waals surface area contributed by atoms with Crippen LogP contribution in [0.3, 0.4) is 0 Å². The Hall–Kier alpha value is -3.35. The van der Waals surface area contributed by atoms with Gasteiger partial charge in [0.05, 0.1) is 5.92 Å². The van der Waals surface area contributed by atoms with Gasteiger partial charge in [-0.25, -0.2) is 4.79 Å². The van der Waals surface area contributed by atoms with Crippen molar-refractivity contribution in [3.8, 4) is 11.1 Å². The van der Waals surface area contributed by atoms with E-state index in [0.717, 1.165) is 17.5 Å². The Morgan fingerprint density at radius 2 is 1.70 bits per heavy atom. The number of ether oxygens (including phenoxy) is 1. The van der Waals surface area contributed by atoms with Crippen molar-refractivity contribution in [3.05, 3.63) is 59.7 Å². The van der Waals surface area contributed by atoms with E-state index in [9.17, 15) is 19.5 Å². The van der Waals surface area contributed by atoms with Crippen LogP contribution in [0.15, 0.2) is 48.5 Å². The highest BCUT2D eigenvalue weighted by molar-refractivity contribution is 5.80. The summed E-state index contributed by atoms with van der Waals surface area (Å²) in [7, 11) is 0. The lowest BCUT2D eigenvalue weighted by atomic mass is 9.98. The molecule has 4 atom stereocenters. The molecule has 1 saturated carbocycles. The van der Waals surface area contributed by atoms with Crippen molar-refractivity contribution in [1.82, 2.24) is 10.2 Å². The fraction of sp³-hybridized carbons (Fsp3) is 0.423. The van der Waals surface area contributed by atoms with Gasteiger partial charge in [-0.2, -0.15) is 0 Å².